The van der Waals surface area contributed by atoms with Crippen molar-refractivity contribution in [3.63, 3.8) is 0 Å². The summed E-state index contributed by atoms with van der Waals surface area (Å²) in [7, 11) is 2.08. The summed E-state index contributed by atoms with van der Waals surface area (Å²) in [6.45, 7) is 2.49. The molecule has 0 saturated carbocycles. The average molecular weight is 356 g/mol. The second-order valence-corrected chi connectivity index (χ2v) is 7.22. The molecular weight excluding hydrogens is 334 g/mol. The normalized spacial score (nSPS) is 23.2. The van der Waals surface area contributed by atoms with Gasteiger partial charge >= 0.3 is 0 Å². The number of aliphatic hydroxyl groups excluding tert-OH is 1. The van der Waals surface area contributed by atoms with Gasteiger partial charge in [-0.05, 0) is 36.2 Å². The molecule has 0 bridgehead atoms. The number of anilines is 1. The number of hydrogen-bond donors (Lipinski definition) is 1. The molecule has 2 heterocycles. The Hall–Kier alpha value is -2.04. The highest BCUT2D eigenvalue weighted by Crippen LogP contribution is 2.36. The van der Waals surface area contributed by atoms with Gasteiger partial charge < -0.3 is 14.9 Å². The van der Waals surface area contributed by atoms with Crippen molar-refractivity contribution >= 4 is 23.1 Å². The minimum atomic E-state index is -0.314. The van der Waals surface area contributed by atoms with E-state index < -0.39 is 0 Å². The first-order valence-electron chi connectivity index (χ1n) is 8.68. The van der Waals surface area contributed by atoms with E-state index in [4.69, 9.17) is 11.6 Å². The number of nitrogens with zero attached hydrogens (tertiary/aromatic N) is 3. The molecule has 0 radical (unpaired) electrons. The van der Waals surface area contributed by atoms with Gasteiger partial charge in [0.05, 0.1) is 18.7 Å². The highest BCUT2D eigenvalue weighted by atomic mass is 35.5. The van der Waals surface area contributed by atoms with Crippen LogP contribution in [0.15, 0.2) is 53.5 Å². The Balaban J connectivity index is 1.60. The van der Waals surface area contributed by atoms with Gasteiger partial charge in [-0.25, -0.2) is 0 Å². The molecule has 4 nitrogen and oxygen atoms in total. The van der Waals surface area contributed by atoms with Crippen LogP contribution in [0.4, 0.5) is 5.69 Å². The minimum Gasteiger partial charge on any atom is -0.391 e. The van der Waals surface area contributed by atoms with Gasteiger partial charge in [0.1, 0.15) is 5.84 Å². The fraction of sp³-hybridized carbons (Fsp3) is 0.350. The van der Waals surface area contributed by atoms with Gasteiger partial charge in [0.2, 0.25) is 0 Å². The Labute approximate surface area is 153 Å². The quantitative estimate of drug-likeness (QED) is 0.917. The molecule has 0 amide bonds. The molecule has 0 unspecified atom stereocenters. The van der Waals surface area contributed by atoms with Crippen molar-refractivity contribution in [3.8, 4) is 0 Å². The zero-order chi connectivity index (χ0) is 17.4. The van der Waals surface area contributed by atoms with Crippen LogP contribution in [0.25, 0.3) is 0 Å². The highest BCUT2D eigenvalue weighted by Gasteiger charge is 2.32. The zero-order valence-electron chi connectivity index (χ0n) is 14.3. The zero-order valence-corrected chi connectivity index (χ0v) is 15.0. The lowest BCUT2D eigenvalue weighted by Gasteiger charge is -2.27. The van der Waals surface area contributed by atoms with E-state index in [-0.39, 0.29) is 12.1 Å². The summed E-state index contributed by atoms with van der Waals surface area (Å²) in [6.07, 6.45) is 0.425. The standard InChI is InChI=1S/C20H22ClN3O/c1-23-11-10-22-20(23)15-4-2-14(3-5-15)19-12-18(25)13-24(19)17-8-6-16(21)7-9-17/h2-9,18-19,25H,10-13H2,1H3/t18-,19-/m1/s1. The van der Waals surface area contributed by atoms with E-state index in [2.05, 4.69) is 46.1 Å². The summed E-state index contributed by atoms with van der Waals surface area (Å²) in [6, 6.07) is 16.6. The van der Waals surface area contributed by atoms with Gasteiger partial charge in [-0.15, -0.1) is 0 Å². The molecule has 1 saturated heterocycles. The van der Waals surface area contributed by atoms with Crippen LogP contribution in [0.5, 0.6) is 0 Å². The number of amidine groups is 1. The average Bonchev–Trinajstić information content (AvgIpc) is 3.21. The Morgan fingerprint density at radius 1 is 1.08 bits per heavy atom. The summed E-state index contributed by atoms with van der Waals surface area (Å²) in [5, 5.41) is 10.9. The van der Waals surface area contributed by atoms with Crippen LogP contribution in [0, 0.1) is 0 Å². The topological polar surface area (TPSA) is 39.1 Å². The number of rotatable bonds is 3. The van der Waals surface area contributed by atoms with Gasteiger partial charge in [0, 0.05) is 36.4 Å². The lowest BCUT2D eigenvalue weighted by atomic mass is 10.0. The number of benzene rings is 2. The third-order valence-electron chi connectivity index (χ3n) is 5.05. The highest BCUT2D eigenvalue weighted by molar-refractivity contribution is 6.30. The van der Waals surface area contributed by atoms with E-state index in [1.165, 1.54) is 5.56 Å². The predicted octanol–water partition coefficient (Wildman–Crippen LogP) is 3.34. The smallest absolute Gasteiger partial charge is 0.130 e. The number of halogens is 1. The first-order valence-corrected chi connectivity index (χ1v) is 9.06. The largest absolute Gasteiger partial charge is 0.391 e. The molecule has 5 heteroatoms. The Bertz CT molecular complexity index is 773. The maximum Gasteiger partial charge on any atom is 0.130 e. The van der Waals surface area contributed by atoms with Crippen molar-refractivity contribution in [1.29, 1.82) is 0 Å². The van der Waals surface area contributed by atoms with Crippen molar-refractivity contribution in [3.05, 3.63) is 64.7 Å². The van der Waals surface area contributed by atoms with Crippen molar-refractivity contribution in [2.75, 3.05) is 31.6 Å². The van der Waals surface area contributed by atoms with Crippen molar-refractivity contribution in [2.45, 2.75) is 18.6 Å². The van der Waals surface area contributed by atoms with Gasteiger partial charge in [0.25, 0.3) is 0 Å². The van der Waals surface area contributed by atoms with Crippen LogP contribution >= 0.6 is 11.6 Å². The first-order chi connectivity index (χ1) is 12.1. The van der Waals surface area contributed by atoms with E-state index in [0.29, 0.717) is 6.54 Å². The molecule has 2 aliphatic rings. The molecule has 1 N–H and O–H groups in total. The Morgan fingerprint density at radius 3 is 2.44 bits per heavy atom. The molecule has 0 spiro atoms. The minimum absolute atomic E-state index is 0.175. The van der Waals surface area contributed by atoms with Crippen LogP contribution in [0.1, 0.15) is 23.6 Å². The molecule has 2 atom stereocenters. The van der Waals surface area contributed by atoms with Crippen LogP contribution in [0.2, 0.25) is 5.02 Å². The summed E-state index contributed by atoms with van der Waals surface area (Å²) < 4.78 is 0. The van der Waals surface area contributed by atoms with Gasteiger partial charge in [-0.3, -0.25) is 4.99 Å². The monoisotopic (exact) mass is 355 g/mol. The maximum absolute atomic E-state index is 10.2. The third-order valence-corrected chi connectivity index (χ3v) is 5.30. The number of aliphatic hydroxyl groups is 1. The molecule has 25 heavy (non-hydrogen) atoms. The SMILES string of the molecule is CN1CCN=C1c1ccc([C@H]2C[C@@H](O)CN2c2ccc(Cl)cc2)cc1. The van der Waals surface area contributed by atoms with E-state index >= 15 is 0 Å². The molecule has 0 aromatic heterocycles. The summed E-state index contributed by atoms with van der Waals surface area (Å²) >= 11 is 6.01. The summed E-state index contributed by atoms with van der Waals surface area (Å²) in [5.41, 5.74) is 3.46. The van der Waals surface area contributed by atoms with Gasteiger partial charge in [-0.1, -0.05) is 35.9 Å². The molecule has 0 aliphatic carbocycles. The fourth-order valence-electron chi connectivity index (χ4n) is 3.75. The van der Waals surface area contributed by atoms with Crippen LogP contribution in [0.3, 0.4) is 0 Å². The van der Waals surface area contributed by atoms with E-state index in [1.807, 2.05) is 24.3 Å². The van der Waals surface area contributed by atoms with Crippen molar-refractivity contribution in [2.24, 2.45) is 4.99 Å². The van der Waals surface area contributed by atoms with E-state index in [9.17, 15) is 5.11 Å². The lowest BCUT2D eigenvalue weighted by Crippen LogP contribution is -2.25. The summed E-state index contributed by atoms with van der Waals surface area (Å²) in [4.78, 5) is 9.02. The van der Waals surface area contributed by atoms with Crippen molar-refractivity contribution < 1.29 is 5.11 Å². The second-order valence-electron chi connectivity index (χ2n) is 6.78. The van der Waals surface area contributed by atoms with E-state index in [0.717, 1.165) is 41.6 Å². The lowest BCUT2D eigenvalue weighted by molar-refractivity contribution is 0.194. The molecular formula is C20H22ClN3O. The molecule has 1 fully saturated rings. The van der Waals surface area contributed by atoms with Crippen LogP contribution in [-0.2, 0) is 0 Å². The van der Waals surface area contributed by atoms with Crippen LogP contribution in [-0.4, -0.2) is 48.6 Å². The fourth-order valence-corrected chi connectivity index (χ4v) is 3.87. The van der Waals surface area contributed by atoms with Gasteiger partial charge in [-0.2, -0.15) is 0 Å². The Kier molecular flexibility index (Phi) is 4.40. The summed E-state index contributed by atoms with van der Waals surface area (Å²) in [5.74, 6) is 1.06. The molecule has 4 rings (SSSR count). The third kappa shape index (κ3) is 3.24. The van der Waals surface area contributed by atoms with Crippen LogP contribution < -0.4 is 4.90 Å². The number of likely N-dealkylation sites (N-methyl/N-ethyl adjacent to an activating group) is 1. The predicted molar refractivity (Wildman–Crippen MR) is 103 cm³/mol. The Morgan fingerprint density at radius 2 is 1.80 bits per heavy atom. The first kappa shape index (κ1) is 16.4. The molecule has 2 aromatic carbocycles. The van der Waals surface area contributed by atoms with Crippen molar-refractivity contribution in [1.82, 2.24) is 4.90 Å². The molecule has 2 aliphatic heterocycles. The van der Waals surface area contributed by atoms with E-state index in [1.54, 1.807) is 0 Å². The number of aliphatic imine (C=N–C) groups is 1. The number of hydrogen-bond acceptors (Lipinski definition) is 4. The van der Waals surface area contributed by atoms with Gasteiger partial charge in [0.15, 0.2) is 0 Å². The second kappa shape index (κ2) is 6.70. The molecule has 2 aromatic rings. The molecule has 130 valence electrons. The maximum atomic E-state index is 10.2. The number of β-amino-alcohol motifs (C(OH)–C–C–N with tert-alkyl or cyclic N) is 1.